The number of benzene rings is 2. The van der Waals surface area contributed by atoms with Crippen LogP contribution < -0.4 is 4.74 Å². The van der Waals surface area contributed by atoms with E-state index in [0.717, 1.165) is 32.3 Å². The van der Waals surface area contributed by atoms with Crippen molar-refractivity contribution < 1.29 is 31.2 Å². The minimum Gasteiger partial charge on any atom is -0.493 e. The molecule has 3 aromatic rings. The van der Waals surface area contributed by atoms with Crippen molar-refractivity contribution >= 4 is 6.08 Å². The third-order valence-electron chi connectivity index (χ3n) is 5.67. The Morgan fingerprint density at radius 2 is 1.78 bits per heavy atom. The number of hydrogen-bond acceptors (Lipinski definition) is 4. The van der Waals surface area contributed by atoms with E-state index in [1.165, 1.54) is 24.3 Å². The van der Waals surface area contributed by atoms with Crippen LogP contribution in [0.2, 0.25) is 0 Å². The molecule has 1 aromatic heterocycles. The van der Waals surface area contributed by atoms with Crippen molar-refractivity contribution in [2.45, 2.75) is 64.5 Å². The number of alkyl halides is 5. The molecule has 0 aliphatic carbocycles. The van der Waals surface area contributed by atoms with Gasteiger partial charge in [0.1, 0.15) is 5.75 Å². The van der Waals surface area contributed by atoms with Gasteiger partial charge in [0.2, 0.25) is 11.7 Å². The molecular formula is C27H29F5N2O2. The first-order valence-corrected chi connectivity index (χ1v) is 11.8. The zero-order chi connectivity index (χ0) is 26.3. The van der Waals surface area contributed by atoms with Crippen molar-refractivity contribution in [3.8, 4) is 17.1 Å². The van der Waals surface area contributed by atoms with E-state index in [0.29, 0.717) is 17.9 Å². The molecule has 0 saturated heterocycles. The van der Waals surface area contributed by atoms with Crippen molar-refractivity contribution in [2.24, 2.45) is 0 Å². The molecule has 36 heavy (non-hydrogen) atoms. The fraction of sp³-hybridized carbons (Fsp3) is 0.407. The summed E-state index contributed by atoms with van der Waals surface area (Å²) in [7, 11) is 0. The Labute approximate surface area is 207 Å². The fourth-order valence-corrected chi connectivity index (χ4v) is 3.55. The van der Waals surface area contributed by atoms with E-state index >= 15 is 0 Å². The zero-order valence-electron chi connectivity index (χ0n) is 20.4. The Morgan fingerprint density at radius 1 is 1.06 bits per heavy atom. The van der Waals surface area contributed by atoms with Crippen molar-refractivity contribution in [2.75, 3.05) is 6.61 Å². The van der Waals surface area contributed by atoms with Gasteiger partial charge in [-0.15, -0.1) is 0 Å². The summed E-state index contributed by atoms with van der Waals surface area (Å²) < 4.78 is 78.4. The average molecular weight is 509 g/mol. The van der Waals surface area contributed by atoms with Crippen LogP contribution in [0.3, 0.4) is 0 Å². The molecule has 194 valence electrons. The average Bonchev–Trinajstić information content (AvgIpc) is 3.32. The van der Waals surface area contributed by atoms with E-state index in [2.05, 4.69) is 17.1 Å². The summed E-state index contributed by atoms with van der Waals surface area (Å²) in [6.45, 7) is 4.84. The maximum atomic E-state index is 13.7. The van der Waals surface area contributed by atoms with Crippen LogP contribution in [0.25, 0.3) is 17.5 Å². The number of unbranched alkanes of at least 4 members (excludes halogenated alkanes) is 1. The van der Waals surface area contributed by atoms with Crippen molar-refractivity contribution in [1.82, 2.24) is 10.1 Å². The highest BCUT2D eigenvalue weighted by Crippen LogP contribution is 2.38. The van der Waals surface area contributed by atoms with Crippen LogP contribution in [-0.2, 0) is 12.1 Å². The summed E-state index contributed by atoms with van der Waals surface area (Å²) in [5, 5.41) is 3.86. The van der Waals surface area contributed by atoms with E-state index in [1.807, 2.05) is 6.92 Å². The Kier molecular flexibility index (Phi) is 8.87. The lowest BCUT2D eigenvalue weighted by atomic mass is 10.0. The van der Waals surface area contributed by atoms with Crippen molar-refractivity contribution in [3.05, 3.63) is 71.1 Å². The monoisotopic (exact) mass is 508 g/mol. The van der Waals surface area contributed by atoms with Crippen LogP contribution in [0.15, 0.2) is 53.1 Å². The maximum Gasteiger partial charge on any atom is 0.419 e. The highest BCUT2D eigenvalue weighted by Gasteiger charge is 2.35. The molecule has 0 saturated carbocycles. The molecule has 0 unspecified atom stereocenters. The number of nitrogens with zero attached hydrogens (tertiary/aromatic N) is 2. The lowest BCUT2D eigenvalue weighted by molar-refractivity contribution is -0.138. The van der Waals surface area contributed by atoms with Gasteiger partial charge < -0.3 is 9.26 Å². The second-order valence-corrected chi connectivity index (χ2v) is 8.76. The van der Waals surface area contributed by atoms with Gasteiger partial charge in [0.15, 0.2) is 0 Å². The molecule has 3 rings (SSSR count). The van der Waals surface area contributed by atoms with Gasteiger partial charge in [-0.25, -0.2) is 8.78 Å². The first-order chi connectivity index (χ1) is 17.0. The highest BCUT2D eigenvalue weighted by atomic mass is 19.4. The Morgan fingerprint density at radius 3 is 2.42 bits per heavy atom. The zero-order valence-corrected chi connectivity index (χ0v) is 20.4. The molecule has 4 nitrogen and oxygen atoms in total. The molecule has 2 aromatic carbocycles. The van der Waals surface area contributed by atoms with Gasteiger partial charge in [-0.05, 0) is 36.6 Å². The maximum absolute atomic E-state index is 13.7. The largest absolute Gasteiger partial charge is 0.493 e. The molecule has 9 heteroatoms. The Bertz CT molecular complexity index is 1150. The molecule has 0 spiro atoms. The summed E-state index contributed by atoms with van der Waals surface area (Å²) in [6, 6.07) is 9.47. The van der Waals surface area contributed by atoms with E-state index in [4.69, 9.17) is 9.26 Å². The van der Waals surface area contributed by atoms with E-state index in [1.54, 1.807) is 24.3 Å². The second kappa shape index (κ2) is 11.7. The van der Waals surface area contributed by atoms with Crippen molar-refractivity contribution in [1.29, 1.82) is 0 Å². The molecule has 1 heterocycles. The molecule has 0 aliphatic rings. The van der Waals surface area contributed by atoms with E-state index in [-0.39, 0.29) is 35.2 Å². The van der Waals surface area contributed by atoms with Crippen LogP contribution in [0, 0.1) is 0 Å². The number of ether oxygens (including phenoxy) is 1. The van der Waals surface area contributed by atoms with Gasteiger partial charge in [0.25, 0.3) is 5.92 Å². The van der Waals surface area contributed by atoms with Crippen LogP contribution in [0.4, 0.5) is 22.0 Å². The molecule has 0 aliphatic heterocycles. The van der Waals surface area contributed by atoms with Gasteiger partial charge in [-0.2, -0.15) is 18.2 Å². The normalized spacial score (nSPS) is 13.3. The van der Waals surface area contributed by atoms with Gasteiger partial charge in [0.05, 0.1) is 12.2 Å². The van der Waals surface area contributed by atoms with Gasteiger partial charge in [-0.3, -0.25) is 0 Å². The van der Waals surface area contributed by atoms with Crippen LogP contribution in [0.5, 0.6) is 5.75 Å². The standard InChI is InChI=1S/C27H29F5N2O2/c1-4-5-8-18(2)25-33-24(34-36-25)20-12-15-23(22(17-20)27(30,31)32)35-16-7-6-9-19-10-13-21(14-11-19)26(3,28)29/h6,9-15,17-18H,4-5,7-8,16H2,1-3H3/b9-6+/t18-/m0/s1. The number of aromatic nitrogens is 2. The lowest BCUT2D eigenvalue weighted by Crippen LogP contribution is -2.09. The molecule has 0 N–H and O–H groups in total. The third-order valence-corrected chi connectivity index (χ3v) is 5.67. The van der Waals surface area contributed by atoms with Crippen LogP contribution >= 0.6 is 0 Å². The van der Waals surface area contributed by atoms with E-state index < -0.39 is 17.7 Å². The fourth-order valence-electron chi connectivity index (χ4n) is 3.55. The summed E-state index contributed by atoms with van der Waals surface area (Å²) in [4.78, 5) is 4.28. The SMILES string of the molecule is CCCC[C@H](C)c1nc(-c2ccc(OCC/C=C/c3ccc(C(C)(F)F)cc3)c(C(F)(F)F)c2)no1. The lowest BCUT2D eigenvalue weighted by Gasteiger charge is -2.14. The van der Waals surface area contributed by atoms with Gasteiger partial charge in [-0.1, -0.05) is 68.3 Å². The first-order valence-electron chi connectivity index (χ1n) is 11.8. The predicted molar refractivity (Wildman–Crippen MR) is 128 cm³/mol. The first kappa shape index (κ1) is 27.4. The number of halogens is 5. The Hall–Kier alpha value is -3.23. The minimum atomic E-state index is -4.63. The predicted octanol–water partition coefficient (Wildman–Crippen LogP) is 8.64. The third kappa shape index (κ3) is 7.38. The van der Waals surface area contributed by atoms with Gasteiger partial charge in [0, 0.05) is 24.0 Å². The summed E-state index contributed by atoms with van der Waals surface area (Å²) in [6.07, 6.45) is 1.96. The number of hydrogen-bond donors (Lipinski definition) is 0. The smallest absolute Gasteiger partial charge is 0.419 e. The highest BCUT2D eigenvalue weighted by molar-refractivity contribution is 5.59. The Balaban J connectivity index is 1.65. The molecule has 0 amide bonds. The van der Waals surface area contributed by atoms with Crippen molar-refractivity contribution in [3.63, 3.8) is 0 Å². The summed E-state index contributed by atoms with van der Waals surface area (Å²) in [5.74, 6) is -2.69. The quantitative estimate of drug-likeness (QED) is 0.192. The van der Waals surface area contributed by atoms with E-state index in [9.17, 15) is 22.0 Å². The van der Waals surface area contributed by atoms with Crippen LogP contribution in [-0.4, -0.2) is 16.7 Å². The minimum absolute atomic E-state index is 0.00530. The second-order valence-electron chi connectivity index (χ2n) is 8.76. The molecular weight excluding hydrogens is 479 g/mol. The summed E-state index contributed by atoms with van der Waals surface area (Å²) in [5.41, 5.74) is -0.125. The molecule has 1 atom stereocenters. The molecule has 0 radical (unpaired) electrons. The topological polar surface area (TPSA) is 48.2 Å². The summed E-state index contributed by atoms with van der Waals surface area (Å²) >= 11 is 0. The van der Waals surface area contributed by atoms with Crippen LogP contribution in [0.1, 0.15) is 75.0 Å². The number of rotatable bonds is 11. The molecule has 0 fully saturated rings. The molecule has 0 bridgehead atoms. The van der Waals surface area contributed by atoms with Gasteiger partial charge >= 0.3 is 6.18 Å².